The number of nitriles is 1. The number of carbonyl (C=O) groups is 1. The molecule has 0 N–H and O–H groups in total. The third kappa shape index (κ3) is 3.68. The average Bonchev–Trinajstić information content (AvgIpc) is 2.66. The summed E-state index contributed by atoms with van der Waals surface area (Å²) in [5.74, 6) is -0.588. The molecule has 2 aromatic carbocycles. The molecular formula is C22H21NO3. The summed E-state index contributed by atoms with van der Waals surface area (Å²) >= 11 is 0. The average molecular weight is 347 g/mol. The highest BCUT2D eigenvalue weighted by Gasteiger charge is 2.38. The maximum absolute atomic E-state index is 12.7. The lowest BCUT2D eigenvalue weighted by molar-refractivity contribution is -0.166. The van der Waals surface area contributed by atoms with Crippen molar-refractivity contribution in [2.24, 2.45) is 5.41 Å². The number of esters is 1. The molecule has 1 saturated heterocycles. The highest BCUT2D eigenvalue weighted by atomic mass is 16.5. The molecule has 1 heterocycles. The molecule has 132 valence electrons. The van der Waals surface area contributed by atoms with Crippen LogP contribution in [0.15, 0.2) is 66.2 Å². The Hall–Kier alpha value is -2.90. The van der Waals surface area contributed by atoms with Crippen LogP contribution in [-0.2, 0) is 14.3 Å². The van der Waals surface area contributed by atoms with Gasteiger partial charge in [0.2, 0.25) is 0 Å². The SMILES string of the molecule is CCC1(COC(=O)C(C#N)=C(c2ccccc2)c2ccccc2)COC1. The van der Waals surface area contributed by atoms with Crippen molar-refractivity contribution in [2.75, 3.05) is 19.8 Å². The fourth-order valence-electron chi connectivity index (χ4n) is 2.94. The van der Waals surface area contributed by atoms with Gasteiger partial charge in [-0.3, -0.25) is 0 Å². The van der Waals surface area contributed by atoms with E-state index >= 15 is 0 Å². The normalized spacial score (nSPS) is 14.6. The molecule has 0 saturated carbocycles. The second-order valence-electron chi connectivity index (χ2n) is 6.52. The van der Waals surface area contributed by atoms with Gasteiger partial charge in [0.25, 0.3) is 0 Å². The lowest BCUT2D eigenvalue weighted by Crippen LogP contribution is -2.46. The van der Waals surface area contributed by atoms with Gasteiger partial charge in [-0.15, -0.1) is 0 Å². The van der Waals surface area contributed by atoms with Gasteiger partial charge in [-0.1, -0.05) is 67.6 Å². The van der Waals surface area contributed by atoms with Crippen LogP contribution in [0, 0.1) is 16.7 Å². The molecular weight excluding hydrogens is 326 g/mol. The van der Waals surface area contributed by atoms with Gasteiger partial charge in [-0.05, 0) is 17.5 Å². The first-order chi connectivity index (χ1) is 12.7. The predicted octanol–water partition coefficient (Wildman–Crippen LogP) is 3.98. The summed E-state index contributed by atoms with van der Waals surface area (Å²) in [6, 6.07) is 21.0. The summed E-state index contributed by atoms with van der Waals surface area (Å²) < 4.78 is 10.8. The van der Waals surface area contributed by atoms with E-state index in [1.54, 1.807) is 0 Å². The highest BCUT2D eigenvalue weighted by molar-refractivity contribution is 6.05. The van der Waals surface area contributed by atoms with E-state index in [4.69, 9.17) is 9.47 Å². The number of hydrogen-bond donors (Lipinski definition) is 0. The third-order valence-corrected chi connectivity index (χ3v) is 4.77. The predicted molar refractivity (Wildman–Crippen MR) is 99.0 cm³/mol. The molecule has 0 aliphatic carbocycles. The molecule has 0 bridgehead atoms. The van der Waals surface area contributed by atoms with Gasteiger partial charge in [-0.2, -0.15) is 5.26 Å². The lowest BCUT2D eigenvalue weighted by atomic mass is 9.84. The fourth-order valence-corrected chi connectivity index (χ4v) is 2.94. The molecule has 1 aliphatic rings. The molecule has 0 aromatic heterocycles. The van der Waals surface area contributed by atoms with Crippen molar-refractivity contribution >= 4 is 11.5 Å². The van der Waals surface area contributed by atoms with Crippen molar-refractivity contribution in [1.82, 2.24) is 0 Å². The van der Waals surface area contributed by atoms with Gasteiger partial charge in [0.1, 0.15) is 18.2 Å². The van der Waals surface area contributed by atoms with E-state index in [-0.39, 0.29) is 17.6 Å². The van der Waals surface area contributed by atoms with Crippen LogP contribution < -0.4 is 0 Å². The molecule has 1 fully saturated rings. The Morgan fingerprint density at radius 3 is 2.00 bits per heavy atom. The number of nitrogens with zero attached hydrogens (tertiary/aromatic N) is 1. The van der Waals surface area contributed by atoms with Crippen molar-refractivity contribution < 1.29 is 14.3 Å². The number of rotatable bonds is 6. The summed E-state index contributed by atoms with van der Waals surface area (Å²) in [6.45, 7) is 3.50. The van der Waals surface area contributed by atoms with E-state index in [1.807, 2.05) is 60.7 Å². The van der Waals surface area contributed by atoms with Crippen LogP contribution in [0.25, 0.3) is 5.57 Å². The summed E-state index contributed by atoms with van der Waals surface area (Å²) in [5.41, 5.74) is 2.12. The lowest BCUT2D eigenvalue weighted by Gasteiger charge is -2.39. The molecule has 1 aliphatic heterocycles. The number of hydrogen-bond acceptors (Lipinski definition) is 4. The highest BCUT2D eigenvalue weighted by Crippen LogP contribution is 2.32. The Balaban J connectivity index is 1.96. The van der Waals surface area contributed by atoms with Gasteiger partial charge >= 0.3 is 5.97 Å². The van der Waals surface area contributed by atoms with Crippen LogP contribution >= 0.6 is 0 Å². The van der Waals surface area contributed by atoms with E-state index in [2.05, 4.69) is 13.0 Å². The molecule has 3 rings (SSSR count). The minimum atomic E-state index is -0.588. The van der Waals surface area contributed by atoms with E-state index in [0.29, 0.717) is 18.8 Å². The third-order valence-electron chi connectivity index (χ3n) is 4.77. The van der Waals surface area contributed by atoms with Crippen molar-refractivity contribution in [3.8, 4) is 6.07 Å². The molecule has 0 atom stereocenters. The van der Waals surface area contributed by atoms with Crippen molar-refractivity contribution in [2.45, 2.75) is 13.3 Å². The van der Waals surface area contributed by atoms with E-state index in [0.717, 1.165) is 17.5 Å². The van der Waals surface area contributed by atoms with Gasteiger partial charge in [-0.25, -0.2) is 4.79 Å². The number of ether oxygens (including phenoxy) is 2. The second kappa shape index (κ2) is 7.99. The van der Waals surface area contributed by atoms with Gasteiger partial charge < -0.3 is 9.47 Å². The zero-order valence-corrected chi connectivity index (χ0v) is 14.8. The monoisotopic (exact) mass is 347 g/mol. The Bertz CT molecular complexity index is 784. The number of benzene rings is 2. The minimum Gasteiger partial charge on any atom is -0.461 e. The minimum absolute atomic E-state index is 0.0221. The van der Waals surface area contributed by atoms with Gasteiger partial charge in [0.15, 0.2) is 0 Å². The van der Waals surface area contributed by atoms with E-state index < -0.39 is 5.97 Å². The molecule has 0 unspecified atom stereocenters. The van der Waals surface area contributed by atoms with Crippen molar-refractivity contribution in [1.29, 1.82) is 5.26 Å². The van der Waals surface area contributed by atoms with Gasteiger partial charge in [0.05, 0.1) is 18.6 Å². The topological polar surface area (TPSA) is 59.3 Å². The molecule has 26 heavy (non-hydrogen) atoms. The zero-order valence-electron chi connectivity index (χ0n) is 14.8. The summed E-state index contributed by atoms with van der Waals surface area (Å²) in [4.78, 5) is 12.7. The standard InChI is InChI=1S/C22H21NO3/c1-2-22(14-25-15-22)16-26-21(24)19(13-23)20(17-9-5-3-6-10-17)18-11-7-4-8-12-18/h3-12H,2,14-16H2,1H3. The second-order valence-corrected chi connectivity index (χ2v) is 6.52. The summed E-state index contributed by atoms with van der Waals surface area (Å²) in [7, 11) is 0. The van der Waals surface area contributed by atoms with Crippen molar-refractivity contribution in [3.63, 3.8) is 0 Å². The Morgan fingerprint density at radius 1 is 1.08 bits per heavy atom. The van der Waals surface area contributed by atoms with Crippen LogP contribution in [0.5, 0.6) is 0 Å². The molecule has 2 aromatic rings. The molecule has 0 spiro atoms. The zero-order chi connectivity index (χ0) is 18.4. The molecule has 0 amide bonds. The Morgan fingerprint density at radius 2 is 1.62 bits per heavy atom. The van der Waals surface area contributed by atoms with Crippen LogP contribution in [-0.4, -0.2) is 25.8 Å². The smallest absolute Gasteiger partial charge is 0.349 e. The number of carbonyl (C=O) groups excluding carboxylic acids is 1. The molecule has 4 nitrogen and oxygen atoms in total. The summed E-state index contributed by atoms with van der Waals surface area (Å²) in [5, 5.41) is 9.71. The first kappa shape index (κ1) is 17.9. The first-order valence-electron chi connectivity index (χ1n) is 8.69. The largest absolute Gasteiger partial charge is 0.461 e. The quantitative estimate of drug-likeness (QED) is 0.450. The maximum Gasteiger partial charge on any atom is 0.349 e. The molecule has 0 radical (unpaired) electrons. The Kier molecular flexibility index (Phi) is 5.50. The maximum atomic E-state index is 12.7. The fraction of sp³-hybridized carbons (Fsp3) is 0.273. The first-order valence-corrected chi connectivity index (χ1v) is 8.69. The van der Waals surface area contributed by atoms with E-state index in [9.17, 15) is 10.1 Å². The molecule has 4 heteroatoms. The van der Waals surface area contributed by atoms with Crippen LogP contribution in [0.1, 0.15) is 24.5 Å². The van der Waals surface area contributed by atoms with Crippen LogP contribution in [0.2, 0.25) is 0 Å². The summed E-state index contributed by atoms with van der Waals surface area (Å²) in [6.07, 6.45) is 0.871. The van der Waals surface area contributed by atoms with Crippen LogP contribution in [0.3, 0.4) is 0 Å². The van der Waals surface area contributed by atoms with Crippen LogP contribution in [0.4, 0.5) is 0 Å². The van der Waals surface area contributed by atoms with Crippen molar-refractivity contribution in [3.05, 3.63) is 77.4 Å². The van der Waals surface area contributed by atoms with Gasteiger partial charge in [0, 0.05) is 5.57 Å². The Labute approximate surface area is 153 Å². The van der Waals surface area contributed by atoms with E-state index in [1.165, 1.54) is 0 Å².